The maximum atomic E-state index is 4.27. The van der Waals surface area contributed by atoms with Gasteiger partial charge < -0.3 is 5.32 Å². The van der Waals surface area contributed by atoms with Crippen molar-refractivity contribution in [2.24, 2.45) is 5.92 Å². The normalized spacial score (nSPS) is 15.0. The van der Waals surface area contributed by atoms with Gasteiger partial charge in [0.25, 0.3) is 0 Å². The highest BCUT2D eigenvalue weighted by Gasteiger charge is 2.17. The van der Waals surface area contributed by atoms with Gasteiger partial charge in [0.1, 0.15) is 0 Å². The highest BCUT2D eigenvalue weighted by molar-refractivity contribution is 5.48. The number of nitrogens with zero attached hydrogens (tertiary/aromatic N) is 1. The van der Waals surface area contributed by atoms with Gasteiger partial charge in [-0.05, 0) is 25.2 Å². The van der Waals surface area contributed by atoms with Crippen LogP contribution in [0.5, 0.6) is 0 Å². The van der Waals surface area contributed by atoms with Gasteiger partial charge in [-0.2, -0.15) is 5.10 Å². The number of hydrogen-bond acceptors (Lipinski definition) is 2. The summed E-state index contributed by atoms with van der Waals surface area (Å²) in [4.78, 5) is 0. The van der Waals surface area contributed by atoms with Crippen molar-refractivity contribution in [3.05, 3.63) is 11.3 Å². The van der Waals surface area contributed by atoms with Crippen molar-refractivity contribution in [3.63, 3.8) is 0 Å². The highest BCUT2D eigenvalue weighted by Crippen LogP contribution is 2.25. The van der Waals surface area contributed by atoms with Crippen molar-refractivity contribution in [3.8, 4) is 0 Å². The van der Waals surface area contributed by atoms with E-state index in [9.17, 15) is 0 Å². The largest absolute Gasteiger partial charge is 0.368 e. The van der Waals surface area contributed by atoms with Crippen LogP contribution in [0.15, 0.2) is 0 Å². The summed E-state index contributed by atoms with van der Waals surface area (Å²) in [5.74, 6) is 1.76. The van der Waals surface area contributed by atoms with Crippen LogP contribution in [0, 0.1) is 5.92 Å². The van der Waals surface area contributed by atoms with Crippen LogP contribution >= 0.6 is 0 Å². The number of hydrogen-bond donors (Lipinski definition) is 2. The molecule has 1 aromatic heterocycles. The van der Waals surface area contributed by atoms with Crippen molar-refractivity contribution in [1.29, 1.82) is 0 Å². The molecule has 72 valence electrons. The summed E-state index contributed by atoms with van der Waals surface area (Å²) < 4.78 is 0. The van der Waals surface area contributed by atoms with E-state index in [0.29, 0.717) is 5.92 Å². The minimum absolute atomic E-state index is 0.675. The molecule has 0 unspecified atom stereocenters. The lowest BCUT2D eigenvalue weighted by molar-refractivity contribution is 0.685. The van der Waals surface area contributed by atoms with E-state index < -0.39 is 0 Å². The van der Waals surface area contributed by atoms with Gasteiger partial charge in [0, 0.05) is 17.8 Å². The van der Waals surface area contributed by atoms with Gasteiger partial charge >= 0.3 is 0 Å². The van der Waals surface area contributed by atoms with E-state index >= 15 is 0 Å². The zero-order valence-electron chi connectivity index (χ0n) is 8.35. The lowest BCUT2D eigenvalue weighted by Gasteiger charge is -2.06. The average molecular weight is 179 g/mol. The molecule has 0 atom stereocenters. The first-order valence-corrected chi connectivity index (χ1v) is 5.07. The SMILES string of the molecule is CC(C)CNc1n[nH]c2c1CCC2. The second-order valence-corrected chi connectivity index (χ2v) is 4.16. The Labute approximate surface area is 78.9 Å². The monoisotopic (exact) mass is 179 g/mol. The highest BCUT2D eigenvalue weighted by atomic mass is 15.2. The summed E-state index contributed by atoms with van der Waals surface area (Å²) in [5, 5.41) is 10.8. The zero-order chi connectivity index (χ0) is 9.26. The molecule has 0 fully saturated rings. The standard InChI is InChI=1S/C10H17N3/c1-7(2)6-11-10-8-4-3-5-9(8)12-13-10/h7H,3-6H2,1-2H3,(H2,11,12,13). The van der Waals surface area contributed by atoms with E-state index in [4.69, 9.17) is 0 Å². The predicted molar refractivity (Wildman–Crippen MR) is 53.9 cm³/mol. The molecule has 0 spiro atoms. The maximum absolute atomic E-state index is 4.27. The predicted octanol–water partition coefficient (Wildman–Crippen LogP) is 1.97. The van der Waals surface area contributed by atoms with Crippen LogP contribution in [0.3, 0.4) is 0 Å². The maximum Gasteiger partial charge on any atom is 0.151 e. The summed E-state index contributed by atoms with van der Waals surface area (Å²) in [5.41, 5.74) is 2.76. The first-order chi connectivity index (χ1) is 6.27. The van der Waals surface area contributed by atoms with E-state index in [-0.39, 0.29) is 0 Å². The van der Waals surface area contributed by atoms with Crippen LogP contribution < -0.4 is 5.32 Å². The molecule has 0 saturated carbocycles. The molecule has 1 aromatic rings. The number of H-pyrrole nitrogens is 1. The molecule has 13 heavy (non-hydrogen) atoms. The third-order valence-corrected chi connectivity index (χ3v) is 2.48. The average Bonchev–Trinajstić information content (AvgIpc) is 2.60. The summed E-state index contributed by atoms with van der Waals surface area (Å²) in [6.45, 7) is 5.43. The Hall–Kier alpha value is -0.990. The van der Waals surface area contributed by atoms with Crippen molar-refractivity contribution < 1.29 is 0 Å². The van der Waals surface area contributed by atoms with Crippen LogP contribution in [0.25, 0.3) is 0 Å². The molecule has 2 N–H and O–H groups in total. The third-order valence-electron chi connectivity index (χ3n) is 2.48. The number of rotatable bonds is 3. The van der Waals surface area contributed by atoms with Crippen LogP contribution in [0.1, 0.15) is 31.5 Å². The Kier molecular flexibility index (Phi) is 2.25. The summed E-state index contributed by atoms with van der Waals surface area (Å²) in [6.07, 6.45) is 3.64. The second-order valence-electron chi connectivity index (χ2n) is 4.16. The van der Waals surface area contributed by atoms with Crippen LogP contribution in [0.2, 0.25) is 0 Å². The number of nitrogens with one attached hydrogen (secondary N) is 2. The van der Waals surface area contributed by atoms with Gasteiger partial charge in [0.05, 0.1) is 0 Å². The van der Waals surface area contributed by atoms with E-state index in [0.717, 1.165) is 12.4 Å². The van der Waals surface area contributed by atoms with Crippen molar-refractivity contribution in [2.45, 2.75) is 33.1 Å². The van der Waals surface area contributed by atoms with Gasteiger partial charge in [0.2, 0.25) is 0 Å². The fourth-order valence-corrected chi connectivity index (χ4v) is 1.77. The Balaban J connectivity index is 2.04. The molecular weight excluding hydrogens is 162 g/mol. The Bertz CT molecular complexity index is 288. The zero-order valence-corrected chi connectivity index (χ0v) is 8.35. The molecule has 3 nitrogen and oxygen atoms in total. The fourth-order valence-electron chi connectivity index (χ4n) is 1.77. The topological polar surface area (TPSA) is 40.7 Å². The summed E-state index contributed by atoms with van der Waals surface area (Å²) in [6, 6.07) is 0. The van der Waals surface area contributed by atoms with Gasteiger partial charge in [-0.1, -0.05) is 13.8 Å². The molecule has 0 amide bonds. The van der Waals surface area contributed by atoms with E-state index in [1.54, 1.807) is 0 Å². The second kappa shape index (κ2) is 3.40. The van der Waals surface area contributed by atoms with Crippen LogP contribution in [-0.4, -0.2) is 16.7 Å². The number of anilines is 1. The molecule has 0 bridgehead atoms. The van der Waals surface area contributed by atoms with Crippen LogP contribution in [0.4, 0.5) is 5.82 Å². The first-order valence-electron chi connectivity index (χ1n) is 5.07. The summed E-state index contributed by atoms with van der Waals surface area (Å²) in [7, 11) is 0. The molecule has 0 radical (unpaired) electrons. The van der Waals surface area contributed by atoms with E-state index in [2.05, 4.69) is 29.4 Å². The van der Waals surface area contributed by atoms with Crippen molar-refractivity contribution >= 4 is 5.82 Å². The number of fused-ring (bicyclic) bond motifs is 1. The summed E-state index contributed by atoms with van der Waals surface area (Å²) >= 11 is 0. The Morgan fingerprint density at radius 1 is 1.46 bits per heavy atom. The fraction of sp³-hybridized carbons (Fsp3) is 0.700. The molecular formula is C10H17N3. The lowest BCUT2D eigenvalue weighted by Crippen LogP contribution is -2.09. The number of aromatic amines is 1. The smallest absolute Gasteiger partial charge is 0.151 e. The Morgan fingerprint density at radius 2 is 2.31 bits per heavy atom. The number of aromatic nitrogens is 2. The quantitative estimate of drug-likeness (QED) is 0.744. The minimum atomic E-state index is 0.675. The molecule has 0 saturated heterocycles. The molecule has 1 aliphatic carbocycles. The first kappa shape index (κ1) is 8.60. The third kappa shape index (κ3) is 1.69. The molecule has 1 heterocycles. The van der Waals surface area contributed by atoms with E-state index in [1.165, 1.54) is 30.5 Å². The van der Waals surface area contributed by atoms with Crippen molar-refractivity contribution in [1.82, 2.24) is 10.2 Å². The number of aryl methyl sites for hydroxylation is 1. The molecule has 3 heteroatoms. The molecule has 0 aromatic carbocycles. The molecule has 2 rings (SSSR count). The molecule has 0 aliphatic heterocycles. The van der Waals surface area contributed by atoms with Gasteiger partial charge in [-0.3, -0.25) is 5.10 Å². The van der Waals surface area contributed by atoms with Gasteiger partial charge in [-0.15, -0.1) is 0 Å². The van der Waals surface area contributed by atoms with Gasteiger partial charge in [-0.25, -0.2) is 0 Å². The molecule has 1 aliphatic rings. The van der Waals surface area contributed by atoms with Crippen molar-refractivity contribution in [2.75, 3.05) is 11.9 Å². The van der Waals surface area contributed by atoms with E-state index in [1.807, 2.05) is 0 Å². The van der Waals surface area contributed by atoms with Crippen LogP contribution in [-0.2, 0) is 12.8 Å². The minimum Gasteiger partial charge on any atom is -0.368 e. The lowest BCUT2D eigenvalue weighted by atomic mass is 10.2. The van der Waals surface area contributed by atoms with Gasteiger partial charge in [0.15, 0.2) is 5.82 Å². The Morgan fingerprint density at radius 3 is 3.08 bits per heavy atom.